The van der Waals surface area contributed by atoms with Gasteiger partial charge < -0.3 is 10.2 Å². The van der Waals surface area contributed by atoms with Crippen LogP contribution in [-0.2, 0) is 7.05 Å². The number of benzene rings is 1. The molecule has 3 N–H and O–H groups in total. The minimum absolute atomic E-state index is 0.118. The summed E-state index contributed by atoms with van der Waals surface area (Å²) in [6.07, 6.45) is 0. The van der Waals surface area contributed by atoms with Crippen LogP contribution in [-0.4, -0.2) is 26.1 Å². The number of nitrogens with two attached hydrogens (primary N) is 1. The number of carbonyl (C=O) groups excluding carboxylic acids is 1. The molecule has 0 saturated carbocycles. The van der Waals surface area contributed by atoms with Crippen LogP contribution in [0.5, 0.6) is 0 Å². The molecule has 0 atom stereocenters. The fourth-order valence-electron chi connectivity index (χ4n) is 1.67. The topological polar surface area (TPSA) is 112 Å². The summed E-state index contributed by atoms with van der Waals surface area (Å²) >= 11 is 0. The lowest BCUT2D eigenvalue weighted by atomic mass is 10.2. The SMILES string of the molecule is Cn1nnc(NC(=O)c2cc3cc(N)ccc3o2)n1. The van der Waals surface area contributed by atoms with Gasteiger partial charge in [0, 0.05) is 11.1 Å². The zero-order chi connectivity index (χ0) is 13.4. The van der Waals surface area contributed by atoms with E-state index in [0.717, 1.165) is 5.39 Å². The molecule has 8 nitrogen and oxygen atoms in total. The van der Waals surface area contributed by atoms with Crippen molar-refractivity contribution in [3.05, 3.63) is 30.0 Å². The first kappa shape index (κ1) is 11.2. The number of fused-ring (bicyclic) bond motifs is 1. The molecule has 2 aromatic heterocycles. The summed E-state index contributed by atoms with van der Waals surface area (Å²) < 4.78 is 5.41. The highest BCUT2D eigenvalue weighted by molar-refractivity contribution is 6.03. The van der Waals surface area contributed by atoms with Gasteiger partial charge in [0.15, 0.2) is 5.76 Å². The van der Waals surface area contributed by atoms with E-state index in [9.17, 15) is 4.79 Å². The Morgan fingerprint density at radius 3 is 3.00 bits per heavy atom. The predicted octanol–water partition coefficient (Wildman–Crippen LogP) is 0.791. The third-order valence-electron chi connectivity index (χ3n) is 2.50. The second kappa shape index (κ2) is 4.09. The molecule has 2 heterocycles. The average Bonchev–Trinajstić information content (AvgIpc) is 2.95. The van der Waals surface area contributed by atoms with Gasteiger partial charge in [0.25, 0.3) is 11.9 Å². The molecule has 0 aliphatic carbocycles. The normalized spacial score (nSPS) is 10.8. The van der Waals surface area contributed by atoms with Crippen molar-refractivity contribution in [2.24, 2.45) is 7.05 Å². The summed E-state index contributed by atoms with van der Waals surface area (Å²) in [5, 5.41) is 14.4. The second-order valence-electron chi connectivity index (χ2n) is 3.96. The number of nitrogens with zero attached hydrogens (tertiary/aromatic N) is 4. The zero-order valence-corrected chi connectivity index (χ0v) is 9.99. The highest BCUT2D eigenvalue weighted by Gasteiger charge is 2.14. The molecule has 0 fully saturated rings. The number of carbonyl (C=O) groups is 1. The summed E-state index contributed by atoms with van der Waals surface area (Å²) in [5.74, 6) is -0.164. The van der Waals surface area contributed by atoms with E-state index in [1.807, 2.05) is 0 Å². The van der Waals surface area contributed by atoms with Crippen molar-refractivity contribution in [2.45, 2.75) is 0 Å². The Hall–Kier alpha value is -2.90. The maximum atomic E-state index is 11.9. The van der Waals surface area contributed by atoms with E-state index < -0.39 is 5.91 Å². The van der Waals surface area contributed by atoms with E-state index in [1.54, 1.807) is 31.3 Å². The molecule has 0 radical (unpaired) electrons. The number of tetrazole rings is 1. The first-order valence-corrected chi connectivity index (χ1v) is 5.46. The van der Waals surface area contributed by atoms with Gasteiger partial charge in [0.2, 0.25) is 0 Å². The van der Waals surface area contributed by atoms with Crippen molar-refractivity contribution < 1.29 is 9.21 Å². The summed E-state index contributed by atoms with van der Waals surface area (Å²) in [6.45, 7) is 0. The van der Waals surface area contributed by atoms with Crippen LogP contribution in [0.2, 0.25) is 0 Å². The van der Waals surface area contributed by atoms with Crippen molar-refractivity contribution in [3.63, 3.8) is 0 Å². The largest absolute Gasteiger partial charge is 0.451 e. The van der Waals surface area contributed by atoms with Crippen molar-refractivity contribution in [1.82, 2.24) is 20.2 Å². The van der Waals surface area contributed by atoms with E-state index in [-0.39, 0.29) is 11.7 Å². The highest BCUT2D eigenvalue weighted by atomic mass is 16.3. The fourth-order valence-corrected chi connectivity index (χ4v) is 1.67. The Morgan fingerprint density at radius 2 is 2.26 bits per heavy atom. The lowest BCUT2D eigenvalue weighted by Crippen LogP contribution is -2.12. The van der Waals surface area contributed by atoms with Crippen molar-refractivity contribution in [2.75, 3.05) is 11.1 Å². The lowest BCUT2D eigenvalue weighted by Gasteiger charge is -1.94. The number of amides is 1. The number of aryl methyl sites for hydroxylation is 1. The molecular weight excluding hydrogens is 248 g/mol. The first-order chi connectivity index (χ1) is 9.11. The van der Waals surface area contributed by atoms with Crippen molar-refractivity contribution in [1.29, 1.82) is 0 Å². The summed E-state index contributed by atoms with van der Waals surface area (Å²) in [5.41, 5.74) is 6.86. The average molecular weight is 258 g/mol. The first-order valence-electron chi connectivity index (χ1n) is 5.46. The minimum Gasteiger partial charge on any atom is -0.451 e. The smallest absolute Gasteiger partial charge is 0.293 e. The zero-order valence-electron chi connectivity index (χ0n) is 9.99. The summed E-state index contributed by atoms with van der Waals surface area (Å²) in [4.78, 5) is 13.2. The number of hydrogen-bond donors (Lipinski definition) is 2. The van der Waals surface area contributed by atoms with Gasteiger partial charge in [-0.1, -0.05) is 5.10 Å². The molecule has 1 aromatic carbocycles. The van der Waals surface area contributed by atoms with E-state index >= 15 is 0 Å². The van der Waals surface area contributed by atoms with Gasteiger partial charge in [-0.2, -0.15) is 4.80 Å². The second-order valence-corrected chi connectivity index (χ2v) is 3.96. The lowest BCUT2D eigenvalue weighted by molar-refractivity contribution is 0.0998. The van der Waals surface area contributed by atoms with Gasteiger partial charge in [-0.05, 0) is 29.5 Å². The fraction of sp³-hybridized carbons (Fsp3) is 0.0909. The van der Waals surface area contributed by atoms with Crippen molar-refractivity contribution in [3.8, 4) is 0 Å². The summed E-state index contributed by atoms with van der Waals surface area (Å²) in [6, 6.07) is 6.76. The standard InChI is InChI=1S/C11H10N6O2/c1-17-15-11(14-16-17)13-10(18)9-5-6-4-7(12)2-3-8(6)19-9/h2-5H,12H2,1H3,(H,13,15,18). The molecule has 3 aromatic rings. The number of nitrogen functional groups attached to an aromatic ring is 1. The van der Waals surface area contributed by atoms with Gasteiger partial charge in [-0.25, -0.2) is 0 Å². The van der Waals surface area contributed by atoms with Gasteiger partial charge >= 0.3 is 0 Å². The van der Waals surface area contributed by atoms with E-state index in [0.29, 0.717) is 11.3 Å². The Bertz CT molecular complexity index is 759. The van der Waals surface area contributed by atoms with Gasteiger partial charge in [0.05, 0.1) is 7.05 Å². The van der Waals surface area contributed by atoms with Crippen LogP contribution in [0.1, 0.15) is 10.6 Å². The van der Waals surface area contributed by atoms with Crippen LogP contribution in [0, 0.1) is 0 Å². The minimum atomic E-state index is -0.442. The maximum Gasteiger partial charge on any atom is 0.293 e. The van der Waals surface area contributed by atoms with Gasteiger partial charge in [-0.3, -0.25) is 10.1 Å². The van der Waals surface area contributed by atoms with Crippen LogP contribution < -0.4 is 11.1 Å². The third-order valence-corrected chi connectivity index (χ3v) is 2.50. The van der Waals surface area contributed by atoms with Crippen LogP contribution in [0.4, 0.5) is 11.6 Å². The number of furan rings is 1. The molecule has 0 bridgehead atoms. The molecule has 8 heteroatoms. The Kier molecular flexibility index (Phi) is 2.41. The molecule has 3 rings (SSSR count). The van der Waals surface area contributed by atoms with E-state index in [2.05, 4.69) is 20.7 Å². The Balaban J connectivity index is 1.89. The van der Waals surface area contributed by atoms with Crippen LogP contribution in [0.25, 0.3) is 11.0 Å². The maximum absolute atomic E-state index is 11.9. The van der Waals surface area contributed by atoms with Gasteiger partial charge in [0.1, 0.15) is 5.58 Å². The van der Waals surface area contributed by atoms with Crippen molar-refractivity contribution >= 4 is 28.5 Å². The quantitative estimate of drug-likeness (QED) is 0.657. The molecule has 0 spiro atoms. The molecule has 1 amide bonds. The van der Waals surface area contributed by atoms with Crippen LogP contribution in [0.3, 0.4) is 0 Å². The molecular formula is C11H10N6O2. The Morgan fingerprint density at radius 1 is 1.42 bits per heavy atom. The summed E-state index contributed by atoms with van der Waals surface area (Å²) in [7, 11) is 1.60. The number of hydrogen-bond acceptors (Lipinski definition) is 6. The molecule has 0 saturated heterocycles. The molecule has 19 heavy (non-hydrogen) atoms. The van der Waals surface area contributed by atoms with Gasteiger partial charge in [-0.15, -0.1) is 5.10 Å². The highest BCUT2D eigenvalue weighted by Crippen LogP contribution is 2.22. The van der Waals surface area contributed by atoms with Crippen LogP contribution >= 0.6 is 0 Å². The van der Waals surface area contributed by atoms with E-state index in [1.165, 1.54) is 4.80 Å². The number of nitrogens with one attached hydrogen (secondary N) is 1. The van der Waals surface area contributed by atoms with E-state index in [4.69, 9.17) is 10.2 Å². The monoisotopic (exact) mass is 258 g/mol. The molecule has 0 unspecified atom stereocenters. The predicted molar refractivity (Wildman–Crippen MR) is 67.4 cm³/mol. The molecule has 0 aliphatic rings. The third kappa shape index (κ3) is 2.10. The molecule has 0 aliphatic heterocycles. The Labute approximate surface area is 107 Å². The number of rotatable bonds is 2. The number of aromatic nitrogens is 4. The molecule has 96 valence electrons. The number of anilines is 2. The van der Waals surface area contributed by atoms with Crippen LogP contribution in [0.15, 0.2) is 28.7 Å².